The minimum Gasteiger partial charge on any atom is -0.393 e. The number of hydrogen-bond acceptors (Lipinski definition) is 1. The second kappa shape index (κ2) is 5.94. The van der Waals surface area contributed by atoms with Gasteiger partial charge in [0.15, 0.2) is 0 Å². The van der Waals surface area contributed by atoms with Gasteiger partial charge in [-0.05, 0) is 49.4 Å². The number of hydrogen-bond donors (Lipinski definition) is 1. The SMILES string of the molecule is OC1C2CCCCCCC2C2CCCCCC[C@H]12. The average molecular weight is 250 g/mol. The summed E-state index contributed by atoms with van der Waals surface area (Å²) in [5.41, 5.74) is 0. The molecule has 0 heterocycles. The van der Waals surface area contributed by atoms with Gasteiger partial charge in [0, 0.05) is 0 Å². The zero-order chi connectivity index (χ0) is 12.4. The third kappa shape index (κ3) is 2.48. The summed E-state index contributed by atoms with van der Waals surface area (Å²) in [7, 11) is 0. The minimum atomic E-state index is 0.0520. The van der Waals surface area contributed by atoms with Gasteiger partial charge in [-0.3, -0.25) is 0 Å². The third-order valence-corrected chi connectivity index (χ3v) is 6.18. The molecule has 3 aliphatic rings. The second-order valence-corrected chi connectivity index (χ2v) is 7.13. The van der Waals surface area contributed by atoms with E-state index in [0.717, 1.165) is 11.8 Å². The average Bonchev–Trinajstić information content (AvgIpc) is 2.50. The molecule has 104 valence electrons. The molecule has 1 N–H and O–H groups in total. The molecule has 0 aromatic carbocycles. The summed E-state index contributed by atoms with van der Waals surface area (Å²) in [6.45, 7) is 0. The van der Waals surface area contributed by atoms with Crippen LogP contribution >= 0.6 is 0 Å². The number of aliphatic hydroxyl groups is 1. The molecule has 0 saturated heterocycles. The number of aliphatic hydroxyl groups excluding tert-OH is 1. The van der Waals surface area contributed by atoms with E-state index in [1.54, 1.807) is 0 Å². The molecule has 5 atom stereocenters. The number of fused-ring (bicyclic) bond motifs is 3. The molecule has 3 rings (SSSR count). The first kappa shape index (κ1) is 13.0. The maximum absolute atomic E-state index is 10.8. The fourth-order valence-electron chi connectivity index (χ4n) is 5.31. The van der Waals surface area contributed by atoms with Gasteiger partial charge in [-0.2, -0.15) is 0 Å². The highest BCUT2D eigenvalue weighted by atomic mass is 16.3. The summed E-state index contributed by atoms with van der Waals surface area (Å²) < 4.78 is 0. The van der Waals surface area contributed by atoms with Crippen LogP contribution in [0.5, 0.6) is 0 Å². The van der Waals surface area contributed by atoms with Gasteiger partial charge in [0.1, 0.15) is 0 Å². The maximum atomic E-state index is 10.8. The highest BCUT2D eigenvalue weighted by molar-refractivity contribution is 4.97. The fraction of sp³-hybridized carbons (Fsp3) is 1.00. The predicted molar refractivity (Wildman–Crippen MR) is 75.4 cm³/mol. The molecule has 0 aromatic rings. The molecule has 0 radical (unpaired) electrons. The predicted octanol–water partition coefficient (Wildman–Crippen LogP) is 4.53. The molecule has 1 nitrogen and oxygen atoms in total. The molecule has 3 fully saturated rings. The lowest BCUT2D eigenvalue weighted by atomic mass is 9.76. The van der Waals surface area contributed by atoms with Crippen LogP contribution in [-0.2, 0) is 0 Å². The lowest BCUT2D eigenvalue weighted by Gasteiger charge is -2.29. The Balaban J connectivity index is 1.76. The van der Waals surface area contributed by atoms with E-state index >= 15 is 0 Å². The second-order valence-electron chi connectivity index (χ2n) is 7.13. The van der Waals surface area contributed by atoms with Crippen molar-refractivity contribution in [3.63, 3.8) is 0 Å². The van der Waals surface area contributed by atoms with E-state index in [2.05, 4.69) is 0 Å². The van der Waals surface area contributed by atoms with Crippen LogP contribution in [0.15, 0.2) is 0 Å². The Morgan fingerprint density at radius 2 is 0.778 bits per heavy atom. The summed E-state index contributed by atoms with van der Waals surface area (Å²) in [5, 5.41) is 10.8. The summed E-state index contributed by atoms with van der Waals surface area (Å²) in [4.78, 5) is 0. The van der Waals surface area contributed by atoms with Crippen molar-refractivity contribution >= 4 is 0 Å². The van der Waals surface area contributed by atoms with Crippen LogP contribution in [0, 0.1) is 23.7 Å². The van der Waals surface area contributed by atoms with Crippen molar-refractivity contribution in [3.05, 3.63) is 0 Å². The van der Waals surface area contributed by atoms with Crippen molar-refractivity contribution in [2.75, 3.05) is 0 Å². The van der Waals surface area contributed by atoms with Crippen LogP contribution in [0.4, 0.5) is 0 Å². The van der Waals surface area contributed by atoms with Crippen LogP contribution < -0.4 is 0 Å². The van der Waals surface area contributed by atoms with Crippen molar-refractivity contribution in [1.29, 1.82) is 0 Å². The summed E-state index contributed by atoms with van der Waals surface area (Å²) >= 11 is 0. The zero-order valence-electron chi connectivity index (χ0n) is 11.8. The molecule has 18 heavy (non-hydrogen) atoms. The maximum Gasteiger partial charge on any atom is 0.0602 e. The Morgan fingerprint density at radius 1 is 0.444 bits per heavy atom. The van der Waals surface area contributed by atoms with E-state index in [4.69, 9.17) is 0 Å². The van der Waals surface area contributed by atoms with E-state index in [1.165, 1.54) is 77.0 Å². The van der Waals surface area contributed by atoms with Gasteiger partial charge in [0.25, 0.3) is 0 Å². The Hall–Kier alpha value is -0.0400. The minimum absolute atomic E-state index is 0.0520. The quantitative estimate of drug-likeness (QED) is 0.669. The van der Waals surface area contributed by atoms with Gasteiger partial charge in [-0.25, -0.2) is 0 Å². The molecule has 4 unspecified atom stereocenters. The number of rotatable bonds is 0. The van der Waals surface area contributed by atoms with Gasteiger partial charge >= 0.3 is 0 Å². The van der Waals surface area contributed by atoms with Crippen molar-refractivity contribution in [1.82, 2.24) is 0 Å². The van der Waals surface area contributed by atoms with Gasteiger partial charge in [0.2, 0.25) is 0 Å². The topological polar surface area (TPSA) is 20.2 Å². The van der Waals surface area contributed by atoms with Gasteiger partial charge in [-0.15, -0.1) is 0 Å². The standard InChI is InChI=1S/C17H30O/c18-17-15-11-7-3-1-5-9-13(15)14-10-6-2-4-8-12-16(14)17/h13-18H,1-12H2/t13?,14?,15-,16?,17?/m0/s1. The first-order chi connectivity index (χ1) is 8.88. The first-order valence-corrected chi connectivity index (χ1v) is 8.56. The van der Waals surface area contributed by atoms with Crippen LogP contribution in [0.25, 0.3) is 0 Å². The summed E-state index contributed by atoms with van der Waals surface area (Å²) in [5.74, 6) is 3.09. The van der Waals surface area contributed by atoms with E-state index in [0.29, 0.717) is 11.8 Å². The van der Waals surface area contributed by atoms with E-state index in [-0.39, 0.29) is 6.10 Å². The van der Waals surface area contributed by atoms with E-state index < -0.39 is 0 Å². The lowest BCUT2D eigenvalue weighted by molar-refractivity contribution is 0.0662. The van der Waals surface area contributed by atoms with Gasteiger partial charge in [-0.1, -0.05) is 51.4 Å². The molecule has 0 spiro atoms. The highest BCUT2D eigenvalue weighted by Crippen LogP contribution is 2.51. The first-order valence-electron chi connectivity index (χ1n) is 8.56. The fourth-order valence-corrected chi connectivity index (χ4v) is 5.31. The van der Waals surface area contributed by atoms with Crippen LogP contribution in [-0.4, -0.2) is 11.2 Å². The molecule has 0 amide bonds. The highest BCUT2D eigenvalue weighted by Gasteiger charge is 2.48. The summed E-state index contributed by atoms with van der Waals surface area (Å²) in [6, 6.07) is 0. The Bertz CT molecular complexity index is 236. The van der Waals surface area contributed by atoms with Gasteiger partial charge in [0.05, 0.1) is 6.10 Å². The largest absolute Gasteiger partial charge is 0.393 e. The normalized spacial score (nSPS) is 46.2. The third-order valence-electron chi connectivity index (χ3n) is 6.18. The Morgan fingerprint density at radius 3 is 1.17 bits per heavy atom. The Labute approximate surface area is 112 Å². The van der Waals surface area contributed by atoms with Crippen molar-refractivity contribution in [3.8, 4) is 0 Å². The molecule has 0 aliphatic heterocycles. The molecule has 0 bridgehead atoms. The van der Waals surface area contributed by atoms with Crippen molar-refractivity contribution < 1.29 is 5.11 Å². The lowest BCUT2D eigenvalue weighted by Crippen LogP contribution is -2.24. The van der Waals surface area contributed by atoms with Crippen molar-refractivity contribution in [2.24, 2.45) is 23.7 Å². The van der Waals surface area contributed by atoms with E-state index in [9.17, 15) is 5.11 Å². The smallest absolute Gasteiger partial charge is 0.0602 e. The molecular formula is C17H30O. The Kier molecular flexibility index (Phi) is 4.28. The van der Waals surface area contributed by atoms with Crippen LogP contribution in [0.2, 0.25) is 0 Å². The van der Waals surface area contributed by atoms with Gasteiger partial charge < -0.3 is 5.11 Å². The van der Waals surface area contributed by atoms with Crippen LogP contribution in [0.3, 0.4) is 0 Å². The van der Waals surface area contributed by atoms with Crippen LogP contribution in [0.1, 0.15) is 77.0 Å². The molecule has 0 aromatic heterocycles. The molecule has 1 heteroatoms. The van der Waals surface area contributed by atoms with Crippen molar-refractivity contribution in [2.45, 2.75) is 83.2 Å². The monoisotopic (exact) mass is 250 g/mol. The summed E-state index contributed by atoms with van der Waals surface area (Å²) in [6.07, 6.45) is 16.8. The molecular weight excluding hydrogens is 220 g/mol. The molecule has 3 aliphatic carbocycles. The van der Waals surface area contributed by atoms with E-state index in [1.807, 2.05) is 0 Å². The zero-order valence-corrected chi connectivity index (χ0v) is 11.8. The molecule has 3 saturated carbocycles.